The largest absolute Gasteiger partial charge is 0.466 e. The molecule has 0 unspecified atom stereocenters. The van der Waals surface area contributed by atoms with Gasteiger partial charge in [-0.25, -0.2) is 0 Å². The van der Waals surface area contributed by atoms with E-state index < -0.39 is 0 Å². The molecule has 1 fully saturated rings. The van der Waals surface area contributed by atoms with Gasteiger partial charge in [0.1, 0.15) is 0 Å². The SMILES string of the molecule is CCOC(=O)[C@@H]1CCC[C@@H](N2C(=O)c3ccccc3C2=O)C1. The second-order valence-electron chi connectivity index (χ2n) is 5.80. The van der Waals surface area contributed by atoms with E-state index in [0.29, 0.717) is 24.2 Å². The number of rotatable bonds is 3. The summed E-state index contributed by atoms with van der Waals surface area (Å²) in [7, 11) is 0. The first-order valence-electron chi connectivity index (χ1n) is 7.77. The van der Waals surface area contributed by atoms with Gasteiger partial charge < -0.3 is 4.74 Å². The maximum absolute atomic E-state index is 12.5. The molecule has 0 N–H and O–H groups in total. The van der Waals surface area contributed by atoms with Crippen LogP contribution in [0.4, 0.5) is 0 Å². The summed E-state index contributed by atoms with van der Waals surface area (Å²) in [6.45, 7) is 2.13. The molecule has 0 aromatic heterocycles. The Morgan fingerprint density at radius 2 is 1.82 bits per heavy atom. The quantitative estimate of drug-likeness (QED) is 0.635. The van der Waals surface area contributed by atoms with Crippen LogP contribution in [0.15, 0.2) is 24.3 Å². The van der Waals surface area contributed by atoms with Crippen molar-refractivity contribution in [2.45, 2.75) is 38.6 Å². The molecular weight excluding hydrogens is 282 g/mol. The Hall–Kier alpha value is -2.17. The molecule has 1 aliphatic heterocycles. The minimum atomic E-state index is -0.241. The number of ether oxygens (including phenoxy) is 1. The molecule has 1 aromatic rings. The smallest absolute Gasteiger partial charge is 0.308 e. The van der Waals surface area contributed by atoms with E-state index in [-0.39, 0.29) is 29.7 Å². The molecule has 1 aromatic carbocycles. The van der Waals surface area contributed by atoms with Gasteiger partial charge >= 0.3 is 5.97 Å². The predicted octanol–water partition coefficient (Wildman–Crippen LogP) is 2.40. The van der Waals surface area contributed by atoms with Crippen molar-refractivity contribution < 1.29 is 19.1 Å². The van der Waals surface area contributed by atoms with Crippen LogP contribution in [0.5, 0.6) is 0 Å². The second-order valence-corrected chi connectivity index (χ2v) is 5.80. The van der Waals surface area contributed by atoms with Crippen molar-refractivity contribution in [3.63, 3.8) is 0 Å². The zero-order chi connectivity index (χ0) is 15.7. The second kappa shape index (κ2) is 5.91. The van der Waals surface area contributed by atoms with Crippen LogP contribution in [-0.2, 0) is 9.53 Å². The molecule has 0 bridgehead atoms. The van der Waals surface area contributed by atoms with Crippen molar-refractivity contribution >= 4 is 17.8 Å². The highest BCUT2D eigenvalue weighted by atomic mass is 16.5. The van der Waals surface area contributed by atoms with E-state index in [0.717, 1.165) is 19.3 Å². The van der Waals surface area contributed by atoms with Gasteiger partial charge in [0, 0.05) is 6.04 Å². The van der Waals surface area contributed by atoms with Crippen molar-refractivity contribution in [3.8, 4) is 0 Å². The van der Waals surface area contributed by atoms with Crippen LogP contribution in [0.1, 0.15) is 53.3 Å². The lowest BCUT2D eigenvalue weighted by atomic mass is 9.85. The molecule has 0 saturated heterocycles. The van der Waals surface area contributed by atoms with Crippen molar-refractivity contribution in [3.05, 3.63) is 35.4 Å². The third-order valence-corrected chi connectivity index (χ3v) is 4.46. The van der Waals surface area contributed by atoms with Crippen LogP contribution in [0.2, 0.25) is 0 Å². The topological polar surface area (TPSA) is 63.7 Å². The number of carbonyl (C=O) groups excluding carboxylic acids is 3. The van der Waals surface area contributed by atoms with Crippen LogP contribution in [0.25, 0.3) is 0 Å². The molecular formula is C17H19NO4. The molecule has 0 radical (unpaired) electrons. The maximum atomic E-state index is 12.5. The summed E-state index contributed by atoms with van der Waals surface area (Å²) in [6.07, 6.45) is 2.84. The summed E-state index contributed by atoms with van der Waals surface area (Å²) in [5.74, 6) is -0.919. The van der Waals surface area contributed by atoms with Crippen LogP contribution in [-0.4, -0.2) is 35.3 Å². The van der Waals surface area contributed by atoms with Crippen LogP contribution >= 0.6 is 0 Å². The van der Waals surface area contributed by atoms with Crippen molar-refractivity contribution in [2.75, 3.05) is 6.61 Å². The van der Waals surface area contributed by atoms with Gasteiger partial charge in [0.15, 0.2) is 0 Å². The number of nitrogens with zero attached hydrogens (tertiary/aromatic N) is 1. The highest BCUT2D eigenvalue weighted by Crippen LogP contribution is 2.33. The summed E-state index contributed by atoms with van der Waals surface area (Å²) < 4.78 is 5.08. The van der Waals surface area contributed by atoms with E-state index in [2.05, 4.69) is 0 Å². The Kier molecular flexibility index (Phi) is 3.96. The first-order chi connectivity index (χ1) is 10.6. The Morgan fingerprint density at radius 3 is 2.41 bits per heavy atom. The van der Waals surface area contributed by atoms with E-state index in [1.807, 2.05) is 0 Å². The Bertz CT molecular complexity index is 590. The summed E-state index contributed by atoms with van der Waals surface area (Å²) in [6, 6.07) is 6.67. The normalized spacial score (nSPS) is 24.3. The predicted molar refractivity (Wildman–Crippen MR) is 79.3 cm³/mol. The van der Waals surface area contributed by atoms with Crippen molar-refractivity contribution in [1.82, 2.24) is 4.90 Å². The third-order valence-electron chi connectivity index (χ3n) is 4.46. The first-order valence-corrected chi connectivity index (χ1v) is 7.77. The Morgan fingerprint density at radius 1 is 1.18 bits per heavy atom. The lowest BCUT2D eigenvalue weighted by Gasteiger charge is -2.33. The van der Waals surface area contributed by atoms with Gasteiger partial charge in [-0.15, -0.1) is 0 Å². The van der Waals surface area contributed by atoms with E-state index in [4.69, 9.17) is 4.74 Å². The molecule has 1 aliphatic carbocycles. The fourth-order valence-electron chi connectivity index (χ4n) is 3.41. The van der Waals surface area contributed by atoms with Crippen molar-refractivity contribution in [2.24, 2.45) is 5.92 Å². The molecule has 5 nitrogen and oxygen atoms in total. The Labute approximate surface area is 129 Å². The molecule has 5 heteroatoms. The number of carbonyl (C=O) groups is 3. The molecule has 1 saturated carbocycles. The lowest BCUT2D eigenvalue weighted by Crippen LogP contribution is -2.43. The van der Waals surface area contributed by atoms with Gasteiger partial charge in [-0.2, -0.15) is 0 Å². The molecule has 2 atom stereocenters. The molecule has 22 heavy (non-hydrogen) atoms. The molecule has 2 amide bonds. The van der Waals surface area contributed by atoms with Gasteiger partial charge in [-0.1, -0.05) is 18.6 Å². The number of fused-ring (bicyclic) bond motifs is 1. The van der Waals surface area contributed by atoms with Crippen LogP contribution in [0.3, 0.4) is 0 Å². The number of amides is 2. The van der Waals surface area contributed by atoms with E-state index in [9.17, 15) is 14.4 Å². The van der Waals surface area contributed by atoms with Gasteiger partial charge in [-0.3, -0.25) is 19.3 Å². The van der Waals surface area contributed by atoms with Crippen LogP contribution in [0, 0.1) is 5.92 Å². The molecule has 0 spiro atoms. The summed E-state index contributed by atoms with van der Waals surface area (Å²) >= 11 is 0. The number of esters is 1. The zero-order valence-corrected chi connectivity index (χ0v) is 12.6. The van der Waals surface area contributed by atoms with Gasteiger partial charge in [0.2, 0.25) is 0 Å². The highest BCUT2D eigenvalue weighted by Gasteiger charge is 2.42. The van der Waals surface area contributed by atoms with E-state index in [1.54, 1.807) is 31.2 Å². The van der Waals surface area contributed by atoms with Crippen molar-refractivity contribution in [1.29, 1.82) is 0 Å². The van der Waals surface area contributed by atoms with Gasteiger partial charge in [0.25, 0.3) is 11.8 Å². The number of hydrogen-bond acceptors (Lipinski definition) is 4. The average Bonchev–Trinajstić information content (AvgIpc) is 2.80. The number of benzene rings is 1. The highest BCUT2D eigenvalue weighted by molar-refractivity contribution is 6.21. The lowest BCUT2D eigenvalue weighted by molar-refractivity contribution is -0.149. The van der Waals surface area contributed by atoms with E-state index >= 15 is 0 Å². The minimum Gasteiger partial charge on any atom is -0.466 e. The molecule has 2 aliphatic rings. The first kappa shape index (κ1) is 14.8. The molecule has 116 valence electrons. The van der Waals surface area contributed by atoms with E-state index in [1.165, 1.54) is 4.90 Å². The fourth-order valence-corrected chi connectivity index (χ4v) is 3.41. The standard InChI is InChI=1S/C17H19NO4/c1-2-22-17(21)11-6-5-7-12(10-11)18-15(19)13-8-3-4-9-14(13)16(18)20/h3-4,8-9,11-12H,2,5-7,10H2,1H3/t11-,12-/m1/s1. The monoisotopic (exact) mass is 301 g/mol. The van der Waals surface area contributed by atoms with Gasteiger partial charge in [-0.05, 0) is 38.3 Å². The number of hydrogen-bond donors (Lipinski definition) is 0. The minimum absolute atomic E-state index is 0.212. The van der Waals surface area contributed by atoms with Gasteiger partial charge in [0.05, 0.1) is 23.7 Å². The maximum Gasteiger partial charge on any atom is 0.308 e. The zero-order valence-electron chi connectivity index (χ0n) is 12.6. The fraction of sp³-hybridized carbons (Fsp3) is 0.471. The average molecular weight is 301 g/mol. The summed E-state index contributed by atoms with van der Waals surface area (Å²) in [5.41, 5.74) is 0.927. The third kappa shape index (κ3) is 2.40. The molecule has 1 heterocycles. The Balaban J connectivity index is 1.79. The summed E-state index contributed by atoms with van der Waals surface area (Å²) in [5, 5.41) is 0. The molecule has 3 rings (SSSR count). The summed E-state index contributed by atoms with van der Waals surface area (Å²) in [4.78, 5) is 38.3. The number of imide groups is 1. The van der Waals surface area contributed by atoms with Crippen LogP contribution < -0.4 is 0 Å².